The van der Waals surface area contributed by atoms with Gasteiger partial charge in [-0.25, -0.2) is 4.98 Å². The molecular formula is C23H27N3O2S. The molecular weight excluding hydrogens is 382 g/mol. The van der Waals surface area contributed by atoms with Crippen molar-refractivity contribution in [2.75, 3.05) is 11.9 Å². The minimum absolute atomic E-state index is 0.0368. The Hall–Kier alpha value is -2.73. The van der Waals surface area contributed by atoms with Gasteiger partial charge in [0, 0.05) is 23.8 Å². The third-order valence-corrected chi connectivity index (χ3v) is 6.05. The van der Waals surface area contributed by atoms with Gasteiger partial charge in [0.15, 0.2) is 0 Å². The highest BCUT2D eigenvalue weighted by Gasteiger charge is 2.22. The maximum absolute atomic E-state index is 12.8. The number of nitrogens with one attached hydrogen (secondary N) is 1. The number of anilines is 1. The molecule has 0 spiro atoms. The zero-order valence-electron chi connectivity index (χ0n) is 16.8. The van der Waals surface area contributed by atoms with E-state index in [0.29, 0.717) is 6.61 Å². The lowest BCUT2D eigenvalue weighted by atomic mass is 10.1. The van der Waals surface area contributed by atoms with E-state index in [1.807, 2.05) is 53.2 Å². The number of hydrogen-bond acceptors (Lipinski definition) is 4. The van der Waals surface area contributed by atoms with Crippen molar-refractivity contribution >= 4 is 23.4 Å². The molecule has 152 valence electrons. The lowest BCUT2D eigenvalue weighted by molar-refractivity contribution is -0.116. The Morgan fingerprint density at radius 2 is 1.90 bits per heavy atom. The summed E-state index contributed by atoms with van der Waals surface area (Å²) in [7, 11) is 0. The topological polar surface area (TPSA) is 56.1 Å². The fraction of sp³-hybridized carbons (Fsp3) is 0.304. The van der Waals surface area contributed by atoms with Gasteiger partial charge in [-0.15, -0.1) is 11.8 Å². The van der Waals surface area contributed by atoms with Gasteiger partial charge in [-0.05, 0) is 35.7 Å². The van der Waals surface area contributed by atoms with Gasteiger partial charge < -0.3 is 14.6 Å². The molecule has 1 atom stereocenters. The van der Waals surface area contributed by atoms with Crippen LogP contribution in [0.2, 0.25) is 0 Å². The third-order valence-electron chi connectivity index (χ3n) is 4.44. The van der Waals surface area contributed by atoms with E-state index in [9.17, 15) is 4.79 Å². The lowest BCUT2D eigenvalue weighted by Crippen LogP contribution is -2.29. The number of ether oxygens (including phenoxy) is 1. The molecule has 0 bridgehead atoms. The van der Waals surface area contributed by atoms with Crippen molar-refractivity contribution < 1.29 is 9.53 Å². The van der Waals surface area contributed by atoms with Crippen LogP contribution in [-0.2, 0) is 17.1 Å². The highest BCUT2D eigenvalue weighted by molar-refractivity contribution is 7.99. The van der Waals surface area contributed by atoms with Gasteiger partial charge in [0.2, 0.25) is 5.91 Å². The normalized spacial score (nSPS) is 12.0. The van der Waals surface area contributed by atoms with Crippen LogP contribution in [0.15, 0.2) is 73.3 Å². The van der Waals surface area contributed by atoms with E-state index in [1.165, 1.54) is 5.56 Å². The predicted molar refractivity (Wildman–Crippen MR) is 119 cm³/mol. The molecule has 0 aliphatic carbocycles. The van der Waals surface area contributed by atoms with E-state index >= 15 is 0 Å². The summed E-state index contributed by atoms with van der Waals surface area (Å²) in [6.45, 7) is 5.47. The first-order valence-corrected chi connectivity index (χ1v) is 10.8. The van der Waals surface area contributed by atoms with Crippen molar-refractivity contribution in [1.29, 1.82) is 0 Å². The van der Waals surface area contributed by atoms with Crippen molar-refractivity contribution in [2.45, 2.75) is 31.4 Å². The first kappa shape index (κ1) is 21.0. The number of imidazole rings is 1. The molecule has 0 fully saturated rings. The van der Waals surface area contributed by atoms with Gasteiger partial charge in [0.05, 0.1) is 18.1 Å². The second-order valence-corrected chi connectivity index (χ2v) is 8.25. The number of rotatable bonds is 10. The SMILES string of the molecule is CC(C)C(SCc1ccccc1)C(=O)Nc1ccc(OCCn2ccnc2)cc1. The van der Waals surface area contributed by atoms with Gasteiger partial charge >= 0.3 is 0 Å². The van der Waals surface area contributed by atoms with Crippen LogP contribution in [0, 0.1) is 5.92 Å². The highest BCUT2D eigenvalue weighted by atomic mass is 32.2. The molecule has 1 heterocycles. The van der Waals surface area contributed by atoms with Crippen LogP contribution < -0.4 is 10.1 Å². The molecule has 1 amide bonds. The molecule has 0 saturated heterocycles. The van der Waals surface area contributed by atoms with Gasteiger partial charge in [0.25, 0.3) is 0 Å². The number of aromatic nitrogens is 2. The molecule has 0 radical (unpaired) electrons. The second kappa shape index (κ2) is 10.7. The summed E-state index contributed by atoms with van der Waals surface area (Å²) in [5.74, 6) is 1.88. The summed E-state index contributed by atoms with van der Waals surface area (Å²) < 4.78 is 7.71. The monoisotopic (exact) mass is 409 g/mol. The van der Waals surface area contributed by atoms with Crippen molar-refractivity contribution in [3.05, 3.63) is 78.9 Å². The molecule has 0 aliphatic heterocycles. The summed E-state index contributed by atoms with van der Waals surface area (Å²) in [4.78, 5) is 16.8. The van der Waals surface area contributed by atoms with Gasteiger partial charge in [-0.3, -0.25) is 4.79 Å². The smallest absolute Gasteiger partial charge is 0.237 e. The van der Waals surface area contributed by atoms with E-state index in [0.717, 1.165) is 23.7 Å². The summed E-state index contributed by atoms with van der Waals surface area (Å²) in [5.41, 5.74) is 2.01. The fourth-order valence-electron chi connectivity index (χ4n) is 2.87. The number of thioether (sulfide) groups is 1. The Kier molecular flexibility index (Phi) is 7.76. The van der Waals surface area contributed by atoms with Crippen LogP contribution >= 0.6 is 11.8 Å². The van der Waals surface area contributed by atoms with Crippen LogP contribution in [0.1, 0.15) is 19.4 Å². The molecule has 1 N–H and O–H groups in total. The van der Waals surface area contributed by atoms with E-state index in [-0.39, 0.29) is 17.1 Å². The zero-order valence-corrected chi connectivity index (χ0v) is 17.6. The van der Waals surface area contributed by atoms with E-state index in [1.54, 1.807) is 24.3 Å². The Balaban J connectivity index is 1.49. The van der Waals surface area contributed by atoms with E-state index in [2.05, 4.69) is 36.3 Å². The number of amides is 1. The predicted octanol–water partition coefficient (Wildman–Crippen LogP) is 4.86. The van der Waals surface area contributed by atoms with E-state index < -0.39 is 0 Å². The molecule has 3 rings (SSSR count). The molecule has 0 aliphatic rings. The lowest BCUT2D eigenvalue weighted by Gasteiger charge is -2.20. The number of carbonyl (C=O) groups excluding carboxylic acids is 1. The van der Waals surface area contributed by atoms with Crippen molar-refractivity contribution in [2.24, 2.45) is 5.92 Å². The van der Waals surface area contributed by atoms with Crippen LogP contribution in [0.25, 0.3) is 0 Å². The second-order valence-electron chi connectivity index (χ2n) is 7.12. The van der Waals surface area contributed by atoms with Crippen molar-refractivity contribution in [3.63, 3.8) is 0 Å². The average molecular weight is 410 g/mol. The standard InChI is InChI=1S/C23H27N3O2S/c1-18(2)22(29-16-19-6-4-3-5-7-19)23(27)25-20-8-10-21(11-9-20)28-15-14-26-13-12-24-17-26/h3-13,17-18,22H,14-16H2,1-2H3,(H,25,27). The Morgan fingerprint density at radius 1 is 1.14 bits per heavy atom. The Labute approximate surface area is 176 Å². The van der Waals surface area contributed by atoms with Crippen LogP contribution in [0.3, 0.4) is 0 Å². The number of hydrogen-bond donors (Lipinski definition) is 1. The number of nitrogens with zero attached hydrogens (tertiary/aromatic N) is 2. The molecule has 0 saturated carbocycles. The Morgan fingerprint density at radius 3 is 2.55 bits per heavy atom. The third kappa shape index (κ3) is 6.68. The summed E-state index contributed by atoms with van der Waals surface area (Å²) in [5, 5.41) is 2.93. The fourth-order valence-corrected chi connectivity index (χ4v) is 4.03. The molecule has 1 unspecified atom stereocenters. The van der Waals surface area contributed by atoms with Crippen LogP contribution in [0.5, 0.6) is 5.75 Å². The quantitative estimate of drug-likeness (QED) is 0.520. The minimum atomic E-state index is -0.110. The first-order valence-electron chi connectivity index (χ1n) is 9.77. The van der Waals surface area contributed by atoms with Gasteiger partial charge in [-0.2, -0.15) is 0 Å². The molecule has 5 nitrogen and oxygen atoms in total. The van der Waals surface area contributed by atoms with Gasteiger partial charge in [-0.1, -0.05) is 44.2 Å². The molecule has 6 heteroatoms. The maximum atomic E-state index is 12.8. The van der Waals surface area contributed by atoms with Gasteiger partial charge in [0.1, 0.15) is 12.4 Å². The van der Waals surface area contributed by atoms with Crippen LogP contribution in [0.4, 0.5) is 5.69 Å². The van der Waals surface area contributed by atoms with Crippen LogP contribution in [-0.4, -0.2) is 27.3 Å². The Bertz CT molecular complexity index is 865. The average Bonchev–Trinajstić information content (AvgIpc) is 3.23. The zero-order chi connectivity index (χ0) is 20.5. The molecule has 2 aromatic carbocycles. The van der Waals surface area contributed by atoms with Crippen molar-refractivity contribution in [1.82, 2.24) is 9.55 Å². The molecule has 29 heavy (non-hydrogen) atoms. The first-order chi connectivity index (χ1) is 14.1. The molecule has 1 aromatic heterocycles. The summed E-state index contributed by atoms with van der Waals surface area (Å²) >= 11 is 1.68. The number of carbonyl (C=O) groups is 1. The highest BCUT2D eigenvalue weighted by Crippen LogP contribution is 2.25. The summed E-state index contributed by atoms with van der Waals surface area (Å²) in [6, 6.07) is 17.8. The summed E-state index contributed by atoms with van der Waals surface area (Å²) in [6.07, 6.45) is 5.42. The maximum Gasteiger partial charge on any atom is 0.237 e. The van der Waals surface area contributed by atoms with E-state index in [4.69, 9.17) is 4.74 Å². The minimum Gasteiger partial charge on any atom is -0.492 e. The largest absolute Gasteiger partial charge is 0.492 e. The van der Waals surface area contributed by atoms with Crippen molar-refractivity contribution in [3.8, 4) is 5.75 Å². The number of benzene rings is 2. The molecule has 3 aromatic rings.